The second-order valence-electron chi connectivity index (χ2n) is 4.90. The Morgan fingerprint density at radius 2 is 2.22 bits per heavy atom. The van der Waals surface area contributed by atoms with Crippen molar-refractivity contribution < 1.29 is 14.7 Å². The smallest absolute Gasteiger partial charge is 0.317 e. The van der Waals surface area contributed by atoms with Crippen LogP contribution in [0.5, 0.6) is 0 Å². The van der Waals surface area contributed by atoms with Gasteiger partial charge in [0, 0.05) is 32.6 Å². The quantitative estimate of drug-likeness (QED) is 0.707. The third kappa shape index (κ3) is 4.91. The van der Waals surface area contributed by atoms with Crippen molar-refractivity contribution in [3.63, 3.8) is 0 Å². The van der Waals surface area contributed by atoms with Crippen LogP contribution in [0.25, 0.3) is 0 Å². The maximum Gasteiger partial charge on any atom is 0.317 e. The highest BCUT2D eigenvalue weighted by molar-refractivity contribution is 5.74. The molecule has 2 amide bonds. The van der Waals surface area contributed by atoms with Crippen LogP contribution >= 0.6 is 0 Å². The van der Waals surface area contributed by atoms with Gasteiger partial charge in [-0.05, 0) is 32.9 Å². The number of carboxylic acid groups (broad SMARTS) is 1. The van der Waals surface area contributed by atoms with Crippen molar-refractivity contribution in [2.75, 3.05) is 33.7 Å². The molecule has 1 fully saturated rings. The largest absolute Gasteiger partial charge is 0.481 e. The molecule has 0 aromatic heterocycles. The Morgan fingerprint density at radius 3 is 2.83 bits per heavy atom. The molecule has 0 radical (unpaired) electrons. The highest BCUT2D eigenvalue weighted by Gasteiger charge is 2.23. The van der Waals surface area contributed by atoms with Gasteiger partial charge in [-0.15, -0.1) is 0 Å². The molecule has 1 aliphatic heterocycles. The van der Waals surface area contributed by atoms with Gasteiger partial charge in [0.1, 0.15) is 0 Å². The Hall–Kier alpha value is -1.30. The first-order valence-corrected chi connectivity index (χ1v) is 6.41. The molecule has 1 unspecified atom stereocenters. The van der Waals surface area contributed by atoms with Gasteiger partial charge in [0.15, 0.2) is 0 Å². The molecular weight excluding hydrogens is 234 g/mol. The van der Waals surface area contributed by atoms with Crippen molar-refractivity contribution in [2.45, 2.75) is 31.7 Å². The van der Waals surface area contributed by atoms with E-state index in [1.807, 2.05) is 0 Å². The number of carbonyl (C=O) groups excluding carboxylic acids is 1. The Kier molecular flexibility index (Phi) is 5.91. The Labute approximate surface area is 108 Å². The van der Waals surface area contributed by atoms with Crippen molar-refractivity contribution in [3.8, 4) is 0 Å². The lowest BCUT2D eigenvalue weighted by Crippen LogP contribution is -2.50. The zero-order valence-corrected chi connectivity index (χ0v) is 11.2. The first kappa shape index (κ1) is 14.8. The van der Waals surface area contributed by atoms with Gasteiger partial charge in [-0.25, -0.2) is 4.79 Å². The van der Waals surface area contributed by atoms with E-state index in [4.69, 9.17) is 5.11 Å². The fourth-order valence-corrected chi connectivity index (χ4v) is 2.18. The Bertz CT molecular complexity index is 296. The molecule has 0 spiro atoms. The zero-order chi connectivity index (χ0) is 13.5. The van der Waals surface area contributed by atoms with Crippen LogP contribution < -0.4 is 5.32 Å². The van der Waals surface area contributed by atoms with Gasteiger partial charge in [0.2, 0.25) is 0 Å². The summed E-state index contributed by atoms with van der Waals surface area (Å²) in [6.45, 7) is 2.40. The highest BCUT2D eigenvalue weighted by Crippen LogP contribution is 2.13. The number of carbonyl (C=O) groups is 2. The minimum atomic E-state index is -0.827. The van der Waals surface area contributed by atoms with Gasteiger partial charge >= 0.3 is 12.0 Å². The summed E-state index contributed by atoms with van der Waals surface area (Å²) in [5, 5.41) is 11.2. The average molecular weight is 257 g/mol. The minimum Gasteiger partial charge on any atom is -0.481 e. The van der Waals surface area contributed by atoms with E-state index in [2.05, 4.69) is 17.3 Å². The summed E-state index contributed by atoms with van der Waals surface area (Å²) in [5.41, 5.74) is 0. The van der Waals surface area contributed by atoms with E-state index in [0.29, 0.717) is 13.0 Å². The summed E-state index contributed by atoms with van der Waals surface area (Å²) >= 11 is 0. The number of likely N-dealkylation sites (tertiary alicyclic amines) is 1. The third-order valence-electron chi connectivity index (χ3n) is 3.31. The number of rotatable bonds is 5. The predicted molar refractivity (Wildman–Crippen MR) is 68.6 cm³/mol. The molecule has 6 nitrogen and oxygen atoms in total. The topological polar surface area (TPSA) is 72.9 Å². The lowest BCUT2D eigenvalue weighted by molar-refractivity contribution is -0.137. The van der Waals surface area contributed by atoms with E-state index in [1.54, 1.807) is 11.9 Å². The number of hydrogen-bond acceptors (Lipinski definition) is 3. The van der Waals surface area contributed by atoms with Crippen molar-refractivity contribution >= 4 is 12.0 Å². The molecule has 0 aromatic rings. The molecule has 0 saturated carbocycles. The van der Waals surface area contributed by atoms with Crippen LogP contribution in [-0.4, -0.2) is 66.7 Å². The number of amides is 2. The van der Waals surface area contributed by atoms with E-state index >= 15 is 0 Å². The van der Waals surface area contributed by atoms with Gasteiger partial charge in [-0.1, -0.05) is 0 Å². The maximum absolute atomic E-state index is 11.8. The van der Waals surface area contributed by atoms with Gasteiger partial charge in [0.05, 0.1) is 0 Å². The number of likely N-dealkylation sites (N-methyl/N-ethyl adjacent to an activating group) is 2. The standard InChI is InChI=1S/C12H23N3O3/c1-14-8-4-5-10(9-14)15(2)12(18)13-7-3-6-11(16)17/h10H,3-9H2,1-2H3,(H,13,18)(H,16,17). The molecule has 1 rings (SSSR count). The van der Waals surface area contributed by atoms with E-state index in [-0.39, 0.29) is 18.5 Å². The molecule has 0 aromatic carbocycles. The molecule has 6 heteroatoms. The number of hydrogen-bond donors (Lipinski definition) is 2. The summed E-state index contributed by atoms with van der Waals surface area (Å²) in [6.07, 6.45) is 2.71. The van der Waals surface area contributed by atoms with E-state index in [0.717, 1.165) is 25.9 Å². The summed E-state index contributed by atoms with van der Waals surface area (Å²) in [6, 6.07) is 0.143. The van der Waals surface area contributed by atoms with Crippen LogP contribution in [0.3, 0.4) is 0 Å². The van der Waals surface area contributed by atoms with Gasteiger partial charge in [-0.3, -0.25) is 4.79 Å². The van der Waals surface area contributed by atoms with E-state index in [9.17, 15) is 9.59 Å². The first-order valence-electron chi connectivity index (χ1n) is 6.41. The molecule has 1 saturated heterocycles. The van der Waals surface area contributed by atoms with Crippen molar-refractivity contribution in [2.24, 2.45) is 0 Å². The second-order valence-corrected chi connectivity index (χ2v) is 4.90. The molecule has 0 aliphatic carbocycles. The Morgan fingerprint density at radius 1 is 1.50 bits per heavy atom. The lowest BCUT2D eigenvalue weighted by Gasteiger charge is -2.35. The molecule has 1 atom stereocenters. The maximum atomic E-state index is 11.8. The molecule has 1 aliphatic rings. The number of piperidine rings is 1. The second kappa shape index (κ2) is 7.20. The Balaban J connectivity index is 2.25. The predicted octanol–water partition coefficient (Wildman–Crippen LogP) is 0.587. The summed E-state index contributed by atoms with van der Waals surface area (Å²) in [4.78, 5) is 26.1. The number of aliphatic carboxylic acids is 1. The van der Waals surface area contributed by atoms with Gasteiger partial charge in [0.25, 0.3) is 0 Å². The fourth-order valence-electron chi connectivity index (χ4n) is 2.18. The summed E-state index contributed by atoms with van der Waals surface area (Å²) < 4.78 is 0. The highest BCUT2D eigenvalue weighted by atomic mass is 16.4. The molecule has 0 bridgehead atoms. The van der Waals surface area contributed by atoms with Crippen LogP contribution in [0, 0.1) is 0 Å². The monoisotopic (exact) mass is 257 g/mol. The van der Waals surface area contributed by atoms with Crippen molar-refractivity contribution in [1.29, 1.82) is 0 Å². The van der Waals surface area contributed by atoms with Crippen LogP contribution in [0.15, 0.2) is 0 Å². The van der Waals surface area contributed by atoms with Gasteiger partial charge < -0.3 is 20.2 Å². The number of nitrogens with zero attached hydrogens (tertiary/aromatic N) is 2. The van der Waals surface area contributed by atoms with Crippen molar-refractivity contribution in [1.82, 2.24) is 15.1 Å². The first-order chi connectivity index (χ1) is 8.50. The van der Waals surface area contributed by atoms with Crippen LogP contribution in [0.2, 0.25) is 0 Å². The van der Waals surface area contributed by atoms with E-state index in [1.165, 1.54) is 0 Å². The molecular formula is C12H23N3O3. The number of nitrogens with one attached hydrogen (secondary N) is 1. The minimum absolute atomic E-state index is 0.0934. The number of urea groups is 1. The average Bonchev–Trinajstić information content (AvgIpc) is 2.33. The lowest BCUT2D eigenvalue weighted by atomic mass is 10.1. The SMILES string of the molecule is CN1CCCC(N(C)C(=O)NCCCC(=O)O)C1. The van der Waals surface area contributed by atoms with Crippen LogP contribution in [0.4, 0.5) is 4.79 Å². The van der Waals surface area contributed by atoms with Crippen molar-refractivity contribution in [3.05, 3.63) is 0 Å². The summed E-state index contributed by atoms with van der Waals surface area (Å²) in [5.74, 6) is -0.827. The zero-order valence-electron chi connectivity index (χ0n) is 11.2. The molecule has 104 valence electrons. The summed E-state index contributed by atoms with van der Waals surface area (Å²) in [7, 11) is 3.86. The molecule has 18 heavy (non-hydrogen) atoms. The molecule has 1 heterocycles. The third-order valence-corrected chi connectivity index (χ3v) is 3.31. The molecule has 2 N–H and O–H groups in total. The van der Waals surface area contributed by atoms with Crippen LogP contribution in [0.1, 0.15) is 25.7 Å². The fraction of sp³-hybridized carbons (Fsp3) is 0.833. The van der Waals surface area contributed by atoms with E-state index < -0.39 is 5.97 Å². The van der Waals surface area contributed by atoms with Crippen LogP contribution in [-0.2, 0) is 4.79 Å². The van der Waals surface area contributed by atoms with Gasteiger partial charge in [-0.2, -0.15) is 0 Å². The number of carboxylic acids is 1. The normalized spacial score (nSPS) is 20.4.